The Labute approximate surface area is 157 Å². The molecular formula is C20H22N2O3S. The van der Waals surface area contributed by atoms with Gasteiger partial charge < -0.3 is 14.7 Å². The lowest BCUT2D eigenvalue weighted by atomic mass is 10.0. The van der Waals surface area contributed by atoms with Crippen LogP contribution in [0.25, 0.3) is 6.08 Å². The number of fused-ring (bicyclic) bond motifs is 1. The zero-order valence-electron chi connectivity index (χ0n) is 14.8. The molecule has 0 aliphatic carbocycles. The lowest BCUT2D eigenvalue weighted by Gasteiger charge is -2.32. The second-order valence-electron chi connectivity index (χ2n) is 6.74. The highest BCUT2D eigenvalue weighted by Gasteiger charge is 2.31. The fourth-order valence-electron chi connectivity index (χ4n) is 3.57. The highest BCUT2D eigenvalue weighted by atomic mass is 32.1. The van der Waals surface area contributed by atoms with E-state index in [1.54, 1.807) is 23.5 Å². The van der Waals surface area contributed by atoms with Crippen LogP contribution in [0.1, 0.15) is 27.7 Å². The molecule has 2 aliphatic heterocycles. The van der Waals surface area contributed by atoms with Gasteiger partial charge in [0, 0.05) is 29.6 Å². The second-order valence-corrected chi connectivity index (χ2v) is 7.71. The van der Waals surface area contributed by atoms with Crippen molar-refractivity contribution in [1.29, 1.82) is 0 Å². The number of carbonyl (C=O) groups excluding carboxylic acids is 1. The van der Waals surface area contributed by atoms with Crippen LogP contribution >= 0.6 is 11.3 Å². The van der Waals surface area contributed by atoms with Gasteiger partial charge in [-0.3, -0.25) is 9.69 Å². The molecule has 0 unspecified atom stereocenters. The minimum atomic E-state index is -0.138. The van der Waals surface area contributed by atoms with Crippen molar-refractivity contribution >= 4 is 23.2 Å². The molecule has 0 atom stereocenters. The number of nitrogens with one attached hydrogen (secondary N) is 1. The van der Waals surface area contributed by atoms with E-state index in [0.29, 0.717) is 29.2 Å². The van der Waals surface area contributed by atoms with Crippen molar-refractivity contribution in [2.45, 2.75) is 13.5 Å². The van der Waals surface area contributed by atoms with Crippen LogP contribution in [0, 0.1) is 0 Å². The van der Waals surface area contributed by atoms with E-state index < -0.39 is 0 Å². The second kappa shape index (κ2) is 7.23. The highest BCUT2D eigenvalue weighted by molar-refractivity contribution is 7.10. The minimum absolute atomic E-state index is 0.0423. The number of nitrogens with zero attached hydrogens (tertiary/aromatic N) is 1. The van der Waals surface area contributed by atoms with Crippen LogP contribution in [0.15, 0.2) is 35.4 Å². The van der Waals surface area contributed by atoms with Gasteiger partial charge in [-0.25, -0.2) is 0 Å². The Morgan fingerprint density at radius 1 is 1.31 bits per heavy atom. The Morgan fingerprint density at radius 3 is 2.81 bits per heavy atom. The largest absolute Gasteiger partial charge is 0.872 e. The van der Waals surface area contributed by atoms with Gasteiger partial charge >= 0.3 is 0 Å². The van der Waals surface area contributed by atoms with Gasteiger partial charge in [0.25, 0.3) is 0 Å². The molecule has 1 N–H and O–H groups in total. The van der Waals surface area contributed by atoms with E-state index in [9.17, 15) is 9.90 Å². The van der Waals surface area contributed by atoms with Crippen molar-refractivity contribution in [3.8, 4) is 11.5 Å². The number of thiophene rings is 1. The average molecular weight is 370 g/mol. The molecule has 5 nitrogen and oxygen atoms in total. The standard InChI is InChI=1S/C20H22N2O3S/c1-2-21-7-9-22(10-8-21)13-16-17(23)6-5-15-19(24)18(25-20(15)16)12-14-4-3-11-26-14/h3-6,11-12,23H,2,7-10,13H2,1H3. The lowest BCUT2D eigenvalue weighted by Crippen LogP contribution is -3.13. The predicted octanol–water partition coefficient (Wildman–Crippen LogP) is 1.16. The van der Waals surface area contributed by atoms with E-state index in [1.807, 2.05) is 17.5 Å². The smallest absolute Gasteiger partial charge is 0.232 e. The van der Waals surface area contributed by atoms with Crippen molar-refractivity contribution in [1.82, 2.24) is 4.90 Å². The first-order chi connectivity index (χ1) is 12.7. The molecule has 136 valence electrons. The minimum Gasteiger partial charge on any atom is -0.872 e. The molecule has 3 heterocycles. The van der Waals surface area contributed by atoms with Crippen molar-refractivity contribution in [3.63, 3.8) is 0 Å². The molecule has 1 fully saturated rings. The summed E-state index contributed by atoms with van der Waals surface area (Å²) >= 11 is 1.55. The number of benzene rings is 1. The molecule has 0 spiro atoms. The summed E-state index contributed by atoms with van der Waals surface area (Å²) in [4.78, 5) is 17.4. The monoisotopic (exact) mass is 370 g/mol. The Morgan fingerprint density at radius 2 is 2.12 bits per heavy atom. The third-order valence-electron chi connectivity index (χ3n) is 5.15. The zero-order valence-corrected chi connectivity index (χ0v) is 15.6. The molecule has 26 heavy (non-hydrogen) atoms. The van der Waals surface area contributed by atoms with Gasteiger partial charge in [0.1, 0.15) is 12.3 Å². The number of Topliss-reactive ketones (excluding diaryl/α,β-unsaturated/α-hetero) is 1. The summed E-state index contributed by atoms with van der Waals surface area (Å²) in [5, 5.41) is 14.4. The van der Waals surface area contributed by atoms with E-state index in [-0.39, 0.29) is 11.5 Å². The van der Waals surface area contributed by atoms with Crippen LogP contribution in [0.4, 0.5) is 0 Å². The van der Waals surface area contributed by atoms with Crippen LogP contribution in [0.2, 0.25) is 0 Å². The van der Waals surface area contributed by atoms with Gasteiger partial charge in [-0.2, -0.15) is 0 Å². The molecular weight excluding hydrogens is 348 g/mol. The van der Waals surface area contributed by atoms with Gasteiger partial charge in [0.15, 0.2) is 5.76 Å². The predicted molar refractivity (Wildman–Crippen MR) is 99.7 cm³/mol. The maximum atomic E-state index is 12.7. The normalized spacial score (nSPS) is 19.7. The first-order valence-corrected chi connectivity index (χ1v) is 9.90. The average Bonchev–Trinajstić information content (AvgIpc) is 3.27. The molecule has 0 bridgehead atoms. The third kappa shape index (κ3) is 3.28. The number of hydrogen-bond donors (Lipinski definition) is 1. The zero-order chi connectivity index (χ0) is 18.1. The molecule has 0 amide bonds. The Balaban J connectivity index is 1.58. The number of allylic oxidation sites excluding steroid dienone is 1. The SMILES string of the molecule is CCN1CC[NH+](Cc2c([O-])ccc3c2OC(=Cc2cccs2)C3=O)CC1. The number of ether oxygens (including phenoxy) is 1. The number of quaternary nitrogens is 1. The van der Waals surface area contributed by atoms with Crippen LogP contribution < -0.4 is 14.7 Å². The lowest BCUT2D eigenvalue weighted by molar-refractivity contribution is -0.918. The molecule has 1 aromatic carbocycles. The van der Waals surface area contributed by atoms with Gasteiger partial charge in [0.05, 0.1) is 18.7 Å². The van der Waals surface area contributed by atoms with E-state index in [4.69, 9.17) is 4.74 Å². The van der Waals surface area contributed by atoms with E-state index in [0.717, 1.165) is 37.6 Å². The summed E-state index contributed by atoms with van der Waals surface area (Å²) in [6.07, 6.45) is 1.76. The number of hydrogen-bond acceptors (Lipinski definition) is 5. The highest BCUT2D eigenvalue weighted by Crippen LogP contribution is 2.38. The molecule has 1 saturated heterocycles. The number of ketones is 1. The van der Waals surface area contributed by atoms with Gasteiger partial charge in [0.2, 0.25) is 5.78 Å². The molecule has 2 aliphatic rings. The number of piperazine rings is 1. The molecule has 0 radical (unpaired) electrons. The first kappa shape index (κ1) is 17.3. The van der Waals surface area contributed by atoms with Crippen molar-refractivity contribution in [3.05, 3.63) is 51.4 Å². The van der Waals surface area contributed by atoms with Crippen molar-refractivity contribution in [2.24, 2.45) is 0 Å². The Hall–Kier alpha value is -2.15. The van der Waals surface area contributed by atoms with Crippen LogP contribution in [-0.2, 0) is 6.54 Å². The van der Waals surface area contributed by atoms with Gasteiger partial charge in [-0.15, -0.1) is 11.3 Å². The summed E-state index contributed by atoms with van der Waals surface area (Å²) in [5.41, 5.74) is 1.14. The topological polar surface area (TPSA) is 57.0 Å². The van der Waals surface area contributed by atoms with E-state index in [2.05, 4.69) is 11.8 Å². The van der Waals surface area contributed by atoms with E-state index >= 15 is 0 Å². The van der Waals surface area contributed by atoms with Crippen LogP contribution in [-0.4, -0.2) is 43.4 Å². The van der Waals surface area contributed by atoms with Crippen molar-refractivity contribution in [2.75, 3.05) is 32.7 Å². The summed E-state index contributed by atoms with van der Waals surface area (Å²) < 4.78 is 5.88. The Kier molecular flexibility index (Phi) is 4.80. The molecule has 6 heteroatoms. The Bertz CT molecular complexity index is 837. The van der Waals surface area contributed by atoms with Crippen LogP contribution in [0.5, 0.6) is 11.5 Å². The summed E-state index contributed by atoms with van der Waals surface area (Å²) in [7, 11) is 0. The summed E-state index contributed by atoms with van der Waals surface area (Å²) in [6, 6.07) is 6.98. The number of carbonyl (C=O) groups is 1. The van der Waals surface area contributed by atoms with Crippen molar-refractivity contribution < 1.29 is 19.5 Å². The number of likely N-dealkylation sites (N-methyl/N-ethyl adjacent to an activating group) is 1. The van der Waals surface area contributed by atoms with E-state index in [1.165, 1.54) is 11.0 Å². The maximum absolute atomic E-state index is 12.7. The fraction of sp³-hybridized carbons (Fsp3) is 0.350. The van der Waals surface area contributed by atoms with Crippen LogP contribution in [0.3, 0.4) is 0 Å². The first-order valence-electron chi connectivity index (χ1n) is 9.02. The molecule has 4 rings (SSSR count). The molecule has 0 saturated carbocycles. The molecule has 2 aromatic rings. The summed E-state index contributed by atoms with van der Waals surface area (Å²) in [5.74, 6) is 0.593. The maximum Gasteiger partial charge on any atom is 0.232 e. The third-order valence-corrected chi connectivity index (χ3v) is 5.97. The fourth-order valence-corrected chi connectivity index (χ4v) is 4.22. The number of rotatable bonds is 4. The summed E-state index contributed by atoms with van der Waals surface area (Å²) in [6.45, 7) is 7.93. The molecule has 1 aromatic heterocycles. The quantitative estimate of drug-likeness (QED) is 0.821. The van der Waals surface area contributed by atoms with Gasteiger partial charge in [-0.1, -0.05) is 24.8 Å². The van der Waals surface area contributed by atoms with Gasteiger partial charge in [-0.05, 0) is 24.1 Å².